The van der Waals surface area contributed by atoms with Crippen LogP contribution >= 0.6 is 11.6 Å². The molecule has 0 saturated heterocycles. The van der Waals surface area contributed by atoms with Crippen molar-refractivity contribution in [1.29, 1.82) is 0 Å². The molecule has 0 spiro atoms. The summed E-state index contributed by atoms with van der Waals surface area (Å²) in [5.41, 5.74) is 0.862. The Bertz CT molecular complexity index is 701. The number of ether oxygens (including phenoxy) is 1. The molecule has 0 heterocycles. The third kappa shape index (κ3) is 3.62. The van der Waals surface area contributed by atoms with E-state index in [-0.39, 0.29) is 17.2 Å². The molecule has 0 aliphatic carbocycles. The predicted octanol–water partition coefficient (Wildman–Crippen LogP) is 3.24. The topological polar surface area (TPSA) is 55.4 Å². The summed E-state index contributed by atoms with van der Waals surface area (Å²) in [5, 5.41) is 2.55. The zero-order valence-corrected chi connectivity index (χ0v) is 12.5. The van der Waals surface area contributed by atoms with Crippen LogP contribution < -0.4 is 10.1 Å². The van der Waals surface area contributed by atoms with Crippen molar-refractivity contribution in [2.75, 3.05) is 18.3 Å². The van der Waals surface area contributed by atoms with Crippen LogP contribution in [-0.2, 0) is 4.79 Å². The van der Waals surface area contributed by atoms with E-state index in [0.717, 1.165) is 0 Å². The van der Waals surface area contributed by atoms with Crippen LogP contribution in [0.5, 0.6) is 5.75 Å². The van der Waals surface area contributed by atoms with Gasteiger partial charge in [0.2, 0.25) is 5.91 Å². The molecular weight excluding hydrogens is 309 g/mol. The molecular formula is C16H13ClFNO3. The molecule has 4 nitrogen and oxygen atoms in total. The van der Waals surface area contributed by atoms with Gasteiger partial charge in [-0.25, -0.2) is 4.39 Å². The minimum Gasteiger partial charge on any atom is -0.497 e. The van der Waals surface area contributed by atoms with Crippen molar-refractivity contribution in [2.24, 2.45) is 0 Å². The minimum atomic E-state index is -0.433. The average molecular weight is 322 g/mol. The van der Waals surface area contributed by atoms with Crippen LogP contribution in [0.2, 0.25) is 0 Å². The highest BCUT2D eigenvalue weighted by Crippen LogP contribution is 2.25. The fraction of sp³-hybridized carbons (Fsp3) is 0.125. The normalized spacial score (nSPS) is 10.1. The number of hydrogen-bond donors (Lipinski definition) is 1. The second-order valence-electron chi connectivity index (χ2n) is 4.43. The summed E-state index contributed by atoms with van der Waals surface area (Å²) in [4.78, 5) is 24.0. The summed E-state index contributed by atoms with van der Waals surface area (Å²) in [5.74, 6) is -0.980. The highest BCUT2D eigenvalue weighted by Gasteiger charge is 2.16. The van der Waals surface area contributed by atoms with Gasteiger partial charge < -0.3 is 10.1 Å². The number of anilines is 1. The van der Waals surface area contributed by atoms with Crippen LogP contribution in [-0.4, -0.2) is 24.7 Å². The van der Waals surface area contributed by atoms with E-state index in [0.29, 0.717) is 17.0 Å². The van der Waals surface area contributed by atoms with Gasteiger partial charge in [0.1, 0.15) is 17.4 Å². The van der Waals surface area contributed by atoms with Gasteiger partial charge in [-0.05, 0) is 42.5 Å². The van der Waals surface area contributed by atoms with E-state index in [9.17, 15) is 14.0 Å². The van der Waals surface area contributed by atoms with Crippen LogP contribution in [0.4, 0.5) is 10.1 Å². The number of alkyl halides is 1. The quantitative estimate of drug-likeness (QED) is 0.679. The monoisotopic (exact) mass is 321 g/mol. The van der Waals surface area contributed by atoms with Crippen LogP contribution in [0.25, 0.3) is 0 Å². The molecule has 0 atom stereocenters. The molecule has 2 aromatic carbocycles. The van der Waals surface area contributed by atoms with Crippen molar-refractivity contribution < 1.29 is 18.7 Å². The number of halogens is 2. The number of carbonyl (C=O) groups excluding carboxylic acids is 2. The summed E-state index contributed by atoms with van der Waals surface area (Å²) < 4.78 is 18.1. The van der Waals surface area contributed by atoms with Gasteiger partial charge in [-0.2, -0.15) is 0 Å². The van der Waals surface area contributed by atoms with Gasteiger partial charge in [0.15, 0.2) is 5.78 Å². The van der Waals surface area contributed by atoms with E-state index in [1.54, 1.807) is 12.1 Å². The van der Waals surface area contributed by atoms with Gasteiger partial charge in [-0.1, -0.05) is 0 Å². The number of rotatable bonds is 5. The first kappa shape index (κ1) is 16.0. The Morgan fingerprint density at radius 1 is 1.18 bits per heavy atom. The van der Waals surface area contributed by atoms with Crippen LogP contribution in [0.1, 0.15) is 15.9 Å². The Balaban J connectivity index is 2.43. The first-order valence-electron chi connectivity index (χ1n) is 6.39. The molecule has 0 aliphatic heterocycles. The van der Waals surface area contributed by atoms with Crippen molar-refractivity contribution >= 4 is 29.0 Å². The zero-order chi connectivity index (χ0) is 16.1. The van der Waals surface area contributed by atoms with Gasteiger partial charge >= 0.3 is 0 Å². The van der Waals surface area contributed by atoms with Crippen molar-refractivity contribution in [3.8, 4) is 5.75 Å². The molecule has 6 heteroatoms. The Morgan fingerprint density at radius 2 is 1.86 bits per heavy atom. The van der Waals surface area contributed by atoms with E-state index < -0.39 is 11.7 Å². The van der Waals surface area contributed by atoms with Crippen LogP contribution in [0, 0.1) is 5.82 Å². The lowest BCUT2D eigenvalue weighted by Crippen LogP contribution is -2.16. The van der Waals surface area contributed by atoms with Crippen molar-refractivity contribution in [3.05, 3.63) is 59.4 Å². The molecule has 0 radical (unpaired) electrons. The lowest BCUT2D eigenvalue weighted by molar-refractivity contribution is -0.113. The Morgan fingerprint density at radius 3 is 2.45 bits per heavy atom. The molecule has 0 bridgehead atoms. The first-order valence-corrected chi connectivity index (χ1v) is 6.92. The Hall–Kier alpha value is -2.40. The van der Waals surface area contributed by atoms with Crippen molar-refractivity contribution in [2.45, 2.75) is 0 Å². The van der Waals surface area contributed by atoms with E-state index in [2.05, 4.69) is 5.32 Å². The molecule has 0 aliphatic rings. The van der Waals surface area contributed by atoms with Crippen LogP contribution in [0.3, 0.4) is 0 Å². The maximum Gasteiger partial charge on any atom is 0.239 e. The molecule has 22 heavy (non-hydrogen) atoms. The molecule has 0 aromatic heterocycles. The molecule has 114 valence electrons. The van der Waals surface area contributed by atoms with Crippen LogP contribution in [0.15, 0.2) is 42.5 Å². The smallest absolute Gasteiger partial charge is 0.239 e. The number of benzene rings is 2. The number of carbonyl (C=O) groups is 2. The maximum absolute atomic E-state index is 13.0. The molecule has 2 aromatic rings. The highest BCUT2D eigenvalue weighted by molar-refractivity contribution is 6.29. The second kappa shape index (κ2) is 7.04. The summed E-state index contributed by atoms with van der Waals surface area (Å²) in [6.45, 7) is 0. The highest BCUT2D eigenvalue weighted by atomic mass is 35.5. The lowest BCUT2D eigenvalue weighted by atomic mass is 10.0. The van der Waals surface area contributed by atoms with E-state index in [4.69, 9.17) is 16.3 Å². The Kier molecular flexibility index (Phi) is 5.12. The Labute approximate surface area is 131 Å². The zero-order valence-electron chi connectivity index (χ0n) is 11.7. The number of ketones is 1. The first-order chi connectivity index (χ1) is 10.5. The van der Waals surface area contributed by atoms with Crippen molar-refractivity contribution in [3.63, 3.8) is 0 Å². The molecule has 0 saturated carbocycles. The number of hydrogen-bond acceptors (Lipinski definition) is 3. The molecule has 0 unspecified atom stereocenters. The number of amides is 1. The second-order valence-corrected chi connectivity index (χ2v) is 4.70. The average Bonchev–Trinajstić information content (AvgIpc) is 2.55. The van der Waals surface area contributed by atoms with Gasteiger partial charge in [0.05, 0.1) is 12.8 Å². The molecule has 2 rings (SSSR count). The number of nitrogens with one attached hydrogen (secondary N) is 1. The standard InChI is InChI=1S/C16H13ClFNO3/c1-22-12-6-7-14(19-15(20)9-17)13(8-12)16(21)10-2-4-11(18)5-3-10/h2-8H,9H2,1H3,(H,19,20). The van der Waals surface area contributed by atoms with Gasteiger partial charge in [-0.15, -0.1) is 11.6 Å². The fourth-order valence-electron chi connectivity index (χ4n) is 1.89. The fourth-order valence-corrected chi connectivity index (χ4v) is 1.95. The third-order valence-electron chi connectivity index (χ3n) is 2.97. The third-order valence-corrected chi connectivity index (χ3v) is 3.22. The summed E-state index contributed by atoms with van der Waals surface area (Å²) in [6.07, 6.45) is 0. The molecule has 1 N–H and O–H groups in total. The molecule has 1 amide bonds. The van der Waals surface area contributed by atoms with Crippen molar-refractivity contribution in [1.82, 2.24) is 0 Å². The van der Waals surface area contributed by atoms with Gasteiger partial charge in [0, 0.05) is 11.1 Å². The molecule has 0 fully saturated rings. The van der Waals surface area contributed by atoms with Gasteiger partial charge in [0.25, 0.3) is 0 Å². The largest absolute Gasteiger partial charge is 0.497 e. The lowest BCUT2D eigenvalue weighted by Gasteiger charge is -2.11. The predicted molar refractivity (Wildman–Crippen MR) is 82.2 cm³/mol. The summed E-state index contributed by atoms with van der Waals surface area (Å²) in [7, 11) is 1.47. The van der Waals surface area contributed by atoms with E-state index in [1.165, 1.54) is 37.4 Å². The van der Waals surface area contributed by atoms with Gasteiger partial charge in [-0.3, -0.25) is 9.59 Å². The number of methoxy groups -OCH3 is 1. The summed E-state index contributed by atoms with van der Waals surface area (Å²) in [6, 6.07) is 9.84. The van der Waals surface area contributed by atoms with E-state index >= 15 is 0 Å². The minimum absolute atomic E-state index is 0.226. The summed E-state index contributed by atoms with van der Waals surface area (Å²) >= 11 is 5.46. The SMILES string of the molecule is COc1ccc(NC(=O)CCl)c(C(=O)c2ccc(F)cc2)c1. The maximum atomic E-state index is 13.0. The van der Waals surface area contributed by atoms with E-state index in [1.807, 2.05) is 0 Å².